The van der Waals surface area contributed by atoms with E-state index in [4.69, 9.17) is 4.42 Å². The predicted molar refractivity (Wildman–Crippen MR) is 127 cm³/mol. The number of carbonyl (C=O) groups excluding carboxylic acids is 1. The molecule has 1 amide bonds. The fraction of sp³-hybridized carbons (Fsp3) is 0.0741. The van der Waals surface area contributed by atoms with E-state index in [1.54, 1.807) is 48.5 Å². The summed E-state index contributed by atoms with van der Waals surface area (Å²) in [4.78, 5) is 31.8. The van der Waals surface area contributed by atoms with Crippen LogP contribution in [0.25, 0.3) is 22.5 Å². The zero-order valence-corrected chi connectivity index (χ0v) is 18.0. The minimum absolute atomic E-state index is 0.0425. The summed E-state index contributed by atoms with van der Waals surface area (Å²) in [6.07, 6.45) is 1.44. The lowest BCUT2D eigenvalue weighted by Crippen LogP contribution is -2.39. The number of amides is 1. The number of hydrogen-bond acceptors (Lipinski definition) is 4. The van der Waals surface area contributed by atoms with E-state index < -0.39 is 23.3 Å². The van der Waals surface area contributed by atoms with E-state index in [9.17, 15) is 9.59 Å². The van der Waals surface area contributed by atoms with E-state index in [-0.39, 0.29) is 23.6 Å². The number of halogens is 1. The van der Waals surface area contributed by atoms with Gasteiger partial charge in [0.15, 0.2) is 11.5 Å². The van der Waals surface area contributed by atoms with Crippen LogP contribution in [0.1, 0.15) is 17.2 Å². The van der Waals surface area contributed by atoms with E-state index in [2.05, 4.69) is 10.3 Å². The molecule has 0 saturated carbocycles. The van der Waals surface area contributed by atoms with E-state index in [0.29, 0.717) is 11.0 Å². The van der Waals surface area contributed by atoms with E-state index in [0.717, 1.165) is 5.56 Å². The molecule has 0 aliphatic carbocycles. The summed E-state index contributed by atoms with van der Waals surface area (Å²) >= 11 is 0. The van der Waals surface area contributed by atoms with Gasteiger partial charge in [-0.1, -0.05) is 60.7 Å². The SMILES string of the molecule is O=C(NCc1ccccc1)C(c1ccccc1F)n1c(=O)c(-c2ccco2)nc2ccccc21. The number of furan rings is 1. The Morgan fingerprint density at radius 2 is 1.68 bits per heavy atom. The fourth-order valence-electron chi connectivity index (χ4n) is 3.96. The second kappa shape index (κ2) is 9.15. The first-order chi connectivity index (χ1) is 16.6. The third kappa shape index (κ3) is 3.99. The summed E-state index contributed by atoms with van der Waals surface area (Å²) in [7, 11) is 0. The number of para-hydroxylation sites is 2. The zero-order valence-electron chi connectivity index (χ0n) is 18.0. The molecule has 0 radical (unpaired) electrons. The minimum Gasteiger partial charge on any atom is -0.463 e. The lowest BCUT2D eigenvalue weighted by atomic mass is 10.0. The van der Waals surface area contributed by atoms with Crippen molar-refractivity contribution in [3.8, 4) is 11.5 Å². The number of hydrogen-bond donors (Lipinski definition) is 1. The summed E-state index contributed by atoms with van der Waals surface area (Å²) in [5, 5.41) is 2.86. The van der Waals surface area contributed by atoms with Gasteiger partial charge in [-0.15, -0.1) is 0 Å². The summed E-state index contributed by atoms with van der Waals surface area (Å²) in [5.41, 5.74) is 1.33. The Bertz CT molecular complexity index is 1510. The maximum atomic E-state index is 15.0. The van der Waals surface area contributed by atoms with E-state index in [1.165, 1.54) is 23.0 Å². The molecule has 0 bridgehead atoms. The van der Waals surface area contributed by atoms with Crippen LogP contribution in [-0.2, 0) is 11.3 Å². The van der Waals surface area contributed by atoms with Crippen molar-refractivity contribution in [1.29, 1.82) is 0 Å². The van der Waals surface area contributed by atoms with Crippen LogP contribution >= 0.6 is 0 Å². The number of benzene rings is 3. The summed E-state index contributed by atoms with van der Waals surface area (Å²) < 4.78 is 21.7. The van der Waals surface area contributed by atoms with Crippen molar-refractivity contribution in [3.63, 3.8) is 0 Å². The third-order valence-electron chi connectivity index (χ3n) is 5.57. The molecule has 0 aliphatic rings. The monoisotopic (exact) mass is 453 g/mol. The lowest BCUT2D eigenvalue weighted by Gasteiger charge is -2.23. The van der Waals surface area contributed by atoms with Crippen molar-refractivity contribution in [1.82, 2.24) is 14.9 Å². The van der Waals surface area contributed by atoms with Gasteiger partial charge in [-0.2, -0.15) is 0 Å². The van der Waals surface area contributed by atoms with Crippen LogP contribution in [0.3, 0.4) is 0 Å². The molecule has 2 aromatic heterocycles. The van der Waals surface area contributed by atoms with Gasteiger partial charge in [0.05, 0.1) is 17.3 Å². The molecule has 5 aromatic rings. The number of aromatic nitrogens is 2. The van der Waals surface area contributed by atoms with Gasteiger partial charge in [0.1, 0.15) is 11.9 Å². The molecule has 3 aromatic carbocycles. The molecule has 2 heterocycles. The highest BCUT2D eigenvalue weighted by Crippen LogP contribution is 2.26. The number of carbonyl (C=O) groups is 1. The topological polar surface area (TPSA) is 77.1 Å². The zero-order chi connectivity index (χ0) is 23.5. The van der Waals surface area contributed by atoms with Crippen molar-refractivity contribution < 1.29 is 13.6 Å². The highest BCUT2D eigenvalue weighted by atomic mass is 19.1. The van der Waals surface area contributed by atoms with Crippen LogP contribution in [-0.4, -0.2) is 15.5 Å². The average Bonchev–Trinajstić information content (AvgIpc) is 3.40. The number of nitrogens with one attached hydrogen (secondary N) is 1. The van der Waals surface area contributed by atoms with Crippen molar-refractivity contribution in [3.05, 3.63) is 125 Å². The van der Waals surface area contributed by atoms with Crippen molar-refractivity contribution in [2.75, 3.05) is 0 Å². The number of fused-ring (bicyclic) bond motifs is 1. The number of rotatable bonds is 6. The smallest absolute Gasteiger partial charge is 0.281 e. The molecule has 0 spiro atoms. The second-order valence-electron chi connectivity index (χ2n) is 7.73. The van der Waals surface area contributed by atoms with Gasteiger partial charge in [0, 0.05) is 12.1 Å². The maximum Gasteiger partial charge on any atom is 0.281 e. The van der Waals surface area contributed by atoms with Gasteiger partial charge < -0.3 is 9.73 Å². The second-order valence-corrected chi connectivity index (χ2v) is 7.73. The van der Waals surface area contributed by atoms with Crippen LogP contribution in [0.4, 0.5) is 4.39 Å². The molecule has 168 valence electrons. The Labute approximate surface area is 194 Å². The van der Waals surface area contributed by atoms with Crippen LogP contribution < -0.4 is 10.9 Å². The van der Waals surface area contributed by atoms with E-state index in [1.807, 2.05) is 30.3 Å². The molecule has 1 unspecified atom stereocenters. The van der Waals surface area contributed by atoms with Gasteiger partial charge in [0.2, 0.25) is 5.91 Å². The van der Waals surface area contributed by atoms with Crippen molar-refractivity contribution >= 4 is 16.9 Å². The quantitative estimate of drug-likeness (QED) is 0.404. The highest BCUT2D eigenvalue weighted by molar-refractivity contribution is 5.87. The van der Waals surface area contributed by atoms with E-state index >= 15 is 4.39 Å². The molecular formula is C27H20FN3O3. The minimum atomic E-state index is -1.26. The van der Waals surface area contributed by atoms with Crippen LogP contribution in [0.2, 0.25) is 0 Å². The molecule has 5 rings (SSSR count). The van der Waals surface area contributed by atoms with Crippen LogP contribution in [0, 0.1) is 5.82 Å². The average molecular weight is 453 g/mol. The molecule has 7 heteroatoms. The molecule has 34 heavy (non-hydrogen) atoms. The Hall–Kier alpha value is -4.52. The van der Waals surface area contributed by atoms with Gasteiger partial charge in [-0.3, -0.25) is 14.2 Å². The summed E-state index contributed by atoms with van der Waals surface area (Å²) in [6.45, 7) is 0.230. The Morgan fingerprint density at radius 3 is 2.44 bits per heavy atom. The van der Waals surface area contributed by atoms with Crippen LogP contribution in [0.15, 0.2) is 106 Å². The molecule has 0 fully saturated rings. The first-order valence-corrected chi connectivity index (χ1v) is 10.7. The van der Waals surface area contributed by atoms with Gasteiger partial charge in [-0.05, 0) is 35.9 Å². The Morgan fingerprint density at radius 1 is 0.941 bits per heavy atom. The highest BCUT2D eigenvalue weighted by Gasteiger charge is 2.29. The van der Waals surface area contributed by atoms with Gasteiger partial charge in [-0.25, -0.2) is 9.37 Å². The van der Waals surface area contributed by atoms with Crippen LogP contribution in [0.5, 0.6) is 0 Å². The van der Waals surface area contributed by atoms with Crippen molar-refractivity contribution in [2.24, 2.45) is 0 Å². The van der Waals surface area contributed by atoms with Crippen molar-refractivity contribution in [2.45, 2.75) is 12.6 Å². The molecule has 0 saturated heterocycles. The van der Waals surface area contributed by atoms with Gasteiger partial charge >= 0.3 is 0 Å². The molecular weight excluding hydrogens is 433 g/mol. The standard InChI is InChI=1S/C27H20FN3O3/c28-20-12-5-4-11-19(20)25(26(32)29-17-18-9-2-1-3-10-18)31-22-14-7-6-13-21(22)30-24(27(31)33)23-15-8-16-34-23/h1-16,25H,17H2,(H,29,32). The first-order valence-electron chi connectivity index (χ1n) is 10.7. The Balaban J connectivity index is 1.71. The fourth-order valence-corrected chi connectivity index (χ4v) is 3.96. The molecule has 1 N–H and O–H groups in total. The molecule has 0 aliphatic heterocycles. The maximum absolute atomic E-state index is 15.0. The number of nitrogens with zero attached hydrogens (tertiary/aromatic N) is 2. The molecule has 1 atom stereocenters. The lowest BCUT2D eigenvalue weighted by molar-refractivity contribution is -0.123. The summed E-state index contributed by atoms with van der Waals surface area (Å²) in [6, 6.07) is 24.3. The van der Waals surface area contributed by atoms with Gasteiger partial charge in [0.25, 0.3) is 5.56 Å². The largest absolute Gasteiger partial charge is 0.463 e. The normalized spacial score (nSPS) is 11.9. The first kappa shape index (κ1) is 21.3. The molecule has 6 nitrogen and oxygen atoms in total. The Kier molecular flexibility index (Phi) is 5.74. The predicted octanol–water partition coefficient (Wildman–Crippen LogP) is 4.70. The summed E-state index contributed by atoms with van der Waals surface area (Å²) in [5.74, 6) is -0.839. The third-order valence-corrected chi connectivity index (χ3v) is 5.57.